The predicted octanol–water partition coefficient (Wildman–Crippen LogP) is 3.51. The van der Waals surface area contributed by atoms with E-state index in [1.54, 1.807) is 12.1 Å². The number of rotatable bonds is 5. The Morgan fingerprint density at radius 1 is 1.52 bits per heavy atom. The van der Waals surface area contributed by atoms with Crippen LogP contribution in [0.1, 0.15) is 29.9 Å². The maximum atomic E-state index is 14.1. The SMILES string of the molecule is CCn1nc(C)c(Cl)c1CC(NN)c1ccc(Br)cc1F. The van der Waals surface area contributed by atoms with Gasteiger partial charge in [0.1, 0.15) is 5.82 Å². The number of halogens is 3. The molecule has 1 atom stereocenters. The molecule has 0 spiro atoms. The van der Waals surface area contributed by atoms with Crippen LogP contribution in [0.25, 0.3) is 0 Å². The third-order valence-corrected chi connectivity index (χ3v) is 4.37. The van der Waals surface area contributed by atoms with Crippen molar-refractivity contribution >= 4 is 27.5 Å². The standard InChI is InChI=1S/C14H17BrClFN4/c1-3-21-13(14(16)8(2)20-21)7-12(19-18)10-5-4-9(15)6-11(10)17/h4-6,12,19H,3,7,18H2,1-2H3. The van der Waals surface area contributed by atoms with Crippen LogP contribution in [0.4, 0.5) is 4.39 Å². The van der Waals surface area contributed by atoms with Gasteiger partial charge in [-0.05, 0) is 26.0 Å². The molecule has 0 saturated carbocycles. The number of nitrogens with zero attached hydrogens (tertiary/aromatic N) is 2. The van der Waals surface area contributed by atoms with Gasteiger partial charge in [0.25, 0.3) is 0 Å². The average molecular weight is 376 g/mol. The first-order valence-electron chi connectivity index (χ1n) is 6.60. The van der Waals surface area contributed by atoms with Crippen molar-refractivity contribution in [1.82, 2.24) is 15.2 Å². The Balaban J connectivity index is 2.35. The van der Waals surface area contributed by atoms with Gasteiger partial charge in [-0.15, -0.1) is 0 Å². The third kappa shape index (κ3) is 3.45. The lowest BCUT2D eigenvalue weighted by molar-refractivity contribution is 0.490. The maximum Gasteiger partial charge on any atom is 0.129 e. The Labute approximate surface area is 136 Å². The number of hydrazine groups is 1. The van der Waals surface area contributed by atoms with E-state index in [0.29, 0.717) is 28.0 Å². The predicted molar refractivity (Wildman–Crippen MR) is 85.5 cm³/mol. The Kier molecular flexibility index (Phi) is 5.37. The summed E-state index contributed by atoms with van der Waals surface area (Å²) in [6.45, 7) is 4.53. The second-order valence-electron chi connectivity index (χ2n) is 4.75. The number of nitrogens with two attached hydrogens (primary N) is 1. The molecule has 0 fully saturated rings. The molecule has 2 rings (SSSR count). The summed E-state index contributed by atoms with van der Waals surface area (Å²) in [7, 11) is 0. The van der Waals surface area contributed by atoms with Crippen molar-refractivity contribution in [3.05, 3.63) is 50.5 Å². The molecule has 0 bridgehead atoms. The van der Waals surface area contributed by atoms with Crippen LogP contribution in [0.15, 0.2) is 22.7 Å². The van der Waals surface area contributed by atoms with Gasteiger partial charge in [-0.2, -0.15) is 5.10 Å². The van der Waals surface area contributed by atoms with Crippen molar-refractivity contribution in [1.29, 1.82) is 0 Å². The number of hydrogen-bond acceptors (Lipinski definition) is 3. The maximum absolute atomic E-state index is 14.1. The minimum Gasteiger partial charge on any atom is -0.271 e. The molecule has 7 heteroatoms. The molecule has 2 aromatic rings. The Hall–Kier alpha value is -0.950. The molecule has 0 aliphatic rings. The molecule has 0 aliphatic heterocycles. The summed E-state index contributed by atoms with van der Waals surface area (Å²) in [5.41, 5.74) is 4.77. The molecule has 0 aliphatic carbocycles. The third-order valence-electron chi connectivity index (χ3n) is 3.39. The van der Waals surface area contributed by atoms with E-state index in [9.17, 15) is 4.39 Å². The zero-order valence-electron chi connectivity index (χ0n) is 11.8. The number of aryl methyl sites for hydroxylation is 2. The quantitative estimate of drug-likeness (QED) is 0.621. The summed E-state index contributed by atoms with van der Waals surface area (Å²) in [4.78, 5) is 0. The van der Waals surface area contributed by atoms with Gasteiger partial charge in [0, 0.05) is 23.0 Å². The van der Waals surface area contributed by atoms with Gasteiger partial charge in [0.05, 0.1) is 22.5 Å². The molecule has 4 nitrogen and oxygen atoms in total. The van der Waals surface area contributed by atoms with Crippen molar-refractivity contribution in [2.24, 2.45) is 5.84 Å². The van der Waals surface area contributed by atoms with E-state index in [1.165, 1.54) is 6.07 Å². The van der Waals surface area contributed by atoms with Crippen LogP contribution in [-0.4, -0.2) is 9.78 Å². The van der Waals surface area contributed by atoms with Gasteiger partial charge in [-0.1, -0.05) is 33.6 Å². The lowest BCUT2D eigenvalue weighted by Crippen LogP contribution is -2.31. The van der Waals surface area contributed by atoms with Crippen LogP contribution in [0.3, 0.4) is 0 Å². The van der Waals surface area contributed by atoms with Crippen LogP contribution in [0.5, 0.6) is 0 Å². The average Bonchev–Trinajstić information content (AvgIpc) is 2.72. The second-order valence-corrected chi connectivity index (χ2v) is 6.04. The molecule has 1 unspecified atom stereocenters. The highest BCUT2D eigenvalue weighted by Crippen LogP contribution is 2.28. The zero-order chi connectivity index (χ0) is 15.6. The topological polar surface area (TPSA) is 55.9 Å². The van der Waals surface area contributed by atoms with E-state index in [1.807, 2.05) is 18.5 Å². The Morgan fingerprint density at radius 3 is 2.81 bits per heavy atom. The number of hydrogen-bond donors (Lipinski definition) is 2. The molecule has 1 heterocycles. The molecule has 0 amide bonds. The fourth-order valence-corrected chi connectivity index (χ4v) is 2.85. The van der Waals surface area contributed by atoms with E-state index in [4.69, 9.17) is 17.4 Å². The molecular weight excluding hydrogens is 359 g/mol. The van der Waals surface area contributed by atoms with Gasteiger partial charge >= 0.3 is 0 Å². The summed E-state index contributed by atoms with van der Waals surface area (Å²) in [5, 5.41) is 4.97. The molecule has 3 N–H and O–H groups in total. The van der Waals surface area contributed by atoms with E-state index in [2.05, 4.69) is 26.5 Å². The number of aromatic nitrogens is 2. The largest absolute Gasteiger partial charge is 0.271 e. The number of nitrogens with one attached hydrogen (secondary N) is 1. The van der Waals surface area contributed by atoms with Crippen molar-refractivity contribution in [2.45, 2.75) is 32.9 Å². The monoisotopic (exact) mass is 374 g/mol. The lowest BCUT2D eigenvalue weighted by atomic mass is 10.0. The first-order valence-corrected chi connectivity index (χ1v) is 7.77. The van der Waals surface area contributed by atoms with Gasteiger partial charge < -0.3 is 0 Å². The Bertz CT molecular complexity index is 644. The lowest BCUT2D eigenvalue weighted by Gasteiger charge is -2.18. The molecule has 1 aromatic heterocycles. The first kappa shape index (κ1) is 16.4. The van der Waals surface area contributed by atoms with E-state index >= 15 is 0 Å². The molecular formula is C14H17BrClFN4. The minimum absolute atomic E-state index is 0.317. The fraction of sp³-hybridized carbons (Fsp3) is 0.357. The van der Waals surface area contributed by atoms with Crippen molar-refractivity contribution in [3.63, 3.8) is 0 Å². The molecule has 114 valence electrons. The van der Waals surface area contributed by atoms with E-state index in [0.717, 1.165) is 11.4 Å². The van der Waals surface area contributed by atoms with Gasteiger partial charge in [-0.3, -0.25) is 16.0 Å². The van der Waals surface area contributed by atoms with Crippen molar-refractivity contribution in [3.8, 4) is 0 Å². The molecule has 0 saturated heterocycles. The first-order chi connectivity index (χ1) is 9.97. The van der Waals surface area contributed by atoms with E-state index < -0.39 is 0 Å². The smallest absolute Gasteiger partial charge is 0.129 e. The summed E-state index contributed by atoms with van der Waals surface area (Å²) in [5.74, 6) is 5.29. The van der Waals surface area contributed by atoms with Crippen LogP contribution < -0.4 is 11.3 Å². The summed E-state index contributed by atoms with van der Waals surface area (Å²) >= 11 is 9.54. The van der Waals surface area contributed by atoms with Crippen LogP contribution >= 0.6 is 27.5 Å². The van der Waals surface area contributed by atoms with Crippen LogP contribution in [0, 0.1) is 12.7 Å². The summed E-state index contributed by atoms with van der Waals surface area (Å²) in [6, 6.07) is 4.53. The zero-order valence-corrected chi connectivity index (χ0v) is 14.2. The van der Waals surface area contributed by atoms with Crippen molar-refractivity contribution in [2.75, 3.05) is 0 Å². The van der Waals surface area contributed by atoms with E-state index in [-0.39, 0.29) is 11.9 Å². The highest BCUT2D eigenvalue weighted by molar-refractivity contribution is 9.10. The fourth-order valence-electron chi connectivity index (χ4n) is 2.30. The van der Waals surface area contributed by atoms with Crippen LogP contribution in [0.2, 0.25) is 5.02 Å². The van der Waals surface area contributed by atoms with Crippen molar-refractivity contribution < 1.29 is 4.39 Å². The van der Waals surface area contributed by atoms with Gasteiger partial charge in [0.2, 0.25) is 0 Å². The number of benzene rings is 1. The minimum atomic E-state index is -0.378. The van der Waals surface area contributed by atoms with Gasteiger partial charge in [0.15, 0.2) is 0 Å². The highest BCUT2D eigenvalue weighted by atomic mass is 79.9. The Morgan fingerprint density at radius 2 is 2.24 bits per heavy atom. The summed E-state index contributed by atoms with van der Waals surface area (Å²) in [6.07, 6.45) is 0.461. The highest BCUT2D eigenvalue weighted by Gasteiger charge is 2.20. The van der Waals surface area contributed by atoms with Crippen LogP contribution in [-0.2, 0) is 13.0 Å². The normalized spacial score (nSPS) is 12.7. The van der Waals surface area contributed by atoms with Gasteiger partial charge in [-0.25, -0.2) is 4.39 Å². The summed E-state index contributed by atoms with van der Waals surface area (Å²) < 4.78 is 16.6. The second kappa shape index (κ2) is 6.87. The molecule has 1 aromatic carbocycles. The molecule has 0 radical (unpaired) electrons. The molecule has 21 heavy (non-hydrogen) atoms.